The van der Waals surface area contributed by atoms with Crippen LogP contribution in [0.4, 0.5) is 0 Å². The molecule has 3 aromatic carbocycles. The molecule has 37 heavy (non-hydrogen) atoms. The zero-order chi connectivity index (χ0) is 25.6. The molecule has 1 atom stereocenters. The predicted octanol–water partition coefficient (Wildman–Crippen LogP) is 3.26. The van der Waals surface area contributed by atoms with Gasteiger partial charge in [0, 0.05) is 25.0 Å². The molecule has 190 valence electrons. The zero-order valence-electron chi connectivity index (χ0n) is 20.8. The van der Waals surface area contributed by atoms with E-state index in [1.165, 1.54) is 4.68 Å². The number of carbonyl (C=O) groups is 1. The second-order valence-corrected chi connectivity index (χ2v) is 8.99. The van der Waals surface area contributed by atoms with Crippen LogP contribution in [0.2, 0.25) is 0 Å². The average Bonchev–Trinajstić information content (AvgIpc) is 2.96. The van der Waals surface area contributed by atoms with Gasteiger partial charge in [0.25, 0.3) is 11.5 Å². The zero-order valence-corrected chi connectivity index (χ0v) is 20.8. The maximum Gasteiger partial charge on any atom is 0.274 e. The van der Waals surface area contributed by atoms with E-state index in [1.54, 1.807) is 25.3 Å². The Morgan fingerprint density at radius 2 is 1.65 bits per heavy atom. The molecule has 0 unspecified atom stereocenters. The third-order valence-electron chi connectivity index (χ3n) is 6.70. The van der Waals surface area contributed by atoms with E-state index < -0.39 is 0 Å². The molecule has 8 nitrogen and oxygen atoms in total. The number of hydrogen-bond acceptors (Lipinski definition) is 6. The summed E-state index contributed by atoms with van der Waals surface area (Å²) in [5.74, 6) is 0.467. The quantitative estimate of drug-likeness (QED) is 0.401. The summed E-state index contributed by atoms with van der Waals surface area (Å²) in [7, 11) is 1.64. The number of hydrogen-bond donors (Lipinski definition) is 1. The van der Waals surface area contributed by atoms with Gasteiger partial charge in [-0.05, 0) is 29.3 Å². The highest BCUT2D eigenvalue weighted by Gasteiger charge is 2.25. The minimum atomic E-state index is -0.315. The molecule has 8 heteroatoms. The number of methoxy groups -OCH3 is 1. The van der Waals surface area contributed by atoms with Crippen molar-refractivity contribution >= 4 is 16.7 Å². The predicted molar refractivity (Wildman–Crippen MR) is 142 cm³/mol. The normalized spacial score (nSPS) is 14.8. The number of fused-ring (bicyclic) bond motifs is 1. The Bertz CT molecular complexity index is 1410. The first-order chi connectivity index (χ1) is 18.1. The number of nitrogens with one attached hydrogen (secondary N) is 1. The fourth-order valence-corrected chi connectivity index (χ4v) is 4.71. The number of nitrogens with zero attached hydrogens (tertiary/aromatic N) is 3. The Hall–Kier alpha value is -4.01. The summed E-state index contributed by atoms with van der Waals surface area (Å²) in [6, 6.07) is 24.6. The summed E-state index contributed by atoms with van der Waals surface area (Å²) in [6.07, 6.45) is 0. The van der Waals surface area contributed by atoms with E-state index in [2.05, 4.69) is 15.3 Å². The van der Waals surface area contributed by atoms with Crippen LogP contribution in [0.25, 0.3) is 10.8 Å². The van der Waals surface area contributed by atoms with Crippen molar-refractivity contribution in [2.24, 2.45) is 0 Å². The highest BCUT2D eigenvalue weighted by Crippen LogP contribution is 2.24. The van der Waals surface area contributed by atoms with Gasteiger partial charge < -0.3 is 14.8 Å². The van der Waals surface area contributed by atoms with Crippen molar-refractivity contribution in [1.29, 1.82) is 0 Å². The molecule has 1 aromatic heterocycles. The molecular formula is C29H30N4O4. The van der Waals surface area contributed by atoms with Crippen molar-refractivity contribution in [3.05, 3.63) is 106 Å². The molecule has 0 bridgehead atoms. The molecule has 1 saturated heterocycles. The molecule has 0 spiro atoms. The van der Waals surface area contributed by atoms with E-state index in [0.29, 0.717) is 30.5 Å². The molecule has 4 aromatic rings. The van der Waals surface area contributed by atoms with Crippen molar-refractivity contribution in [2.45, 2.75) is 12.6 Å². The lowest BCUT2D eigenvalue weighted by atomic mass is 10.0. The lowest BCUT2D eigenvalue weighted by Gasteiger charge is -2.35. The monoisotopic (exact) mass is 498 g/mol. The van der Waals surface area contributed by atoms with Crippen LogP contribution in [0.1, 0.15) is 27.7 Å². The number of ether oxygens (including phenoxy) is 2. The number of aromatic nitrogens is 2. The van der Waals surface area contributed by atoms with Gasteiger partial charge in [0.15, 0.2) is 5.69 Å². The molecular weight excluding hydrogens is 468 g/mol. The molecule has 1 N–H and O–H groups in total. The molecule has 0 aliphatic carbocycles. The van der Waals surface area contributed by atoms with Gasteiger partial charge in [0.1, 0.15) is 5.75 Å². The number of morpholine rings is 1. The van der Waals surface area contributed by atoms with Gasteiger partial charge in [-0.25, -0.2) is 4.68 Å². The largest absolute Gasteiger partial charge is 0.497 e. The summed E-state index contributed by atoms with van der Waals surface area (Å²) in [4.78, 5) is 29.0. The number of benzene rings is 3. The van der Waals surface area contributed by atoms with Crippen molar-refractivity contribution in [3.8, 4) is 5.75 Å². The second kappa shape index (κ2) is 11.4. The van der Waals surface area contributed by atoms with E-state index in [0.717, 1.165) is 30.0 Å². The maximum atomic E-state index is 13.5. The Balaban J connectivity index is 1.44. The van der Waals surface area contributed by atoms with Gasteiger partial charge in [0.05, 0.1) is 38.3 Å². The van der Waals surface area contributed by atoms with E-state index in [4.69, 9.17) is 9.47 Å². The van der Waals surface area contributed by atoms with E-state index in [-0.39, 0.29) is 29.7 Å². The van der Waals surface area contributed by atoms with Crippen LogP contribution in [0.5, 0.6) is 5.75 Å². The first kappa shape index (κ1) is 24.7. The van der Waals surface area contributed by atoms with Gasteiger partial charge in [-0.1, -0.05) is 60.7 Å². The van der Waals surface area contributed by atoms with Gasteiger partial charge in [-0.15, -0.1) is 0 Å². The Kier molecular flexibility index (Phi) is 7.58. The van der Waals surface area contributed by atoms with E-state index in [9.17, 15) is 9.59 Å². The molecule has 1 aliphatic rings. The lowest BCUT2D eigenvalue weighted by Crippen LogP contribution is -2.44. The third kappa shape index (κ3) is 5.55. The fourth-order valence-electron chi connectivity index (χ4n) is 4.71. The van der Waals surface area contributed by atoms with E-state index in [1.807, 2.05) is 60.7 Å². The summed E-state index contributed by atoms with van der Waals surface area (Å²) < 4.78 is 12.2. The van der Waals surface area contributed by atoms with Crippen LogP contribution < -0.4 is 15.6 Å². The second-order valence-electron chi connectivity index (χ2n) is 8.99. The highest BCUT2D eigenvalue weighted by atomic mass is 16.5. The van der Waals surface area contributed by atoms with Crippen LogP contribution in [0.15, 0.2) is 83.7 Å². The molecule has 0 saturated carbocycles. The van der Waals surface area contributed by atoms with Crippen LogP contribution >= 0.6 is 0 Å². The first-order valence-corrected chi connectivity index (χ1v) is 12.4. The standard InChI is InChI=1S/C29H30N4O4/c1-36-23-13-11-22(12-14-23)26(32-15-17-37-18-16-32)19-30-28(34)27-24-9-5-6-10-25(24)29(35)33(31-27)20-21-7-3-2-4-8-21/h2-14,26H,15-20H2,1H3,(H,30,34)/t26-/m1/s1. The molecule has 1 fully saturated rings. The van der Waals surface area contributed by atoms with Gasteiger partial charge in [-0.2, -0.15) is 5.10 Å². The summed E-state index contributed by atoms with van der Waals surface area (Å²) >= 11 is 0. The topological polar surface area (TPSA) is 85.7 Å². The minimum absolute atomic E-state index is 0.0414. The third-order valence-corrected chi connectivity index (χ3v) is 6.70. The summed E-state index contributed by atoms with van der Waals surface area (Å²) in [5, 5.41) is 8.63. The van der Waals surface area contributed by atoms with Crippen LogP contribution in [-0.2, 0) is 11.3 Å². The van der Waals surface area contributed by atoms with Gasteiger partial charge >= 0.3 is 0 Å². The Labute approximate surface area is 215 Å². The smallest absolute Gasteiger partial charge is 0.274 e. The number of rotatable bonds is 8. The van der Waals surface area contributed by atoms with Crippen LogP contribution in [0.3, 0.4) is 0 Å². The Morgan fingerprint density at radius 1 is 0.973 bits per heavy atom. The fraction of sp³-hybridized carbons (Fsp3) is 0.276. The van der Waals surface area contributed by atoms with Crippen molar-refractivity contribution in [3.63, 3.8) is 0 Å². The SMILES string of the molecule is COc1ccc([C@@H](CNC(=O)c2nn(Cc3ccccc3)c(=O)c3ccccc23)N2CCOCC2)cc1. The molecule has 0 radical (unpaired) electrons. The molecule has 1 aliphatic heterocycles. The van der Waals surface area contributed by atoms with Crippen molar-refractivity contribution in [1.82, 2.24) is 20.0 Å². The van der Waals surface area contributed by atoms with Gasteiger partial charge in [-0.3, -0.25) is 14.5 Å². The minimum Gasteiger partial charge on any atom is -0.497 e. The number of carbonyl (C=O) groups excluding carboxylic acids is 1. The number of amides is 1. The molecule has 5 rings (SSSR count). The summed E-state index contributed by atoms with van der Waals surface area (Å²) in [5.41, 5.74) is 2.03. The van der Waals surface area contributed by atoms with E-state index >= 15 is 0 Å². The molecule has 2 heterocycles. The first-order valence-electron chi connectivity index (χ1n) is 12.4. The summed E-state index contributed by atoms with van der Waals surface area (Å²) in [6.45, 7) is 3.52. The highest BCUT2D eigenvalue weighted by molar-refractivity contribution is 6.04. The van der Waals surface area contributed by atoms with Crippen LogP contribution in [0, 0.1) is 0 Å². The average molecular weight is 499 g/mol. The van der Waals surface area contributed by atoms with Crippen molar-refractivity contribution < 1.29 is 14.3 Å². The lowest BCUT2D eigenvalue weighted by molar-refractivity contribution is 0.0162. The van der Waals surface area contributed by atoms with Gasteiger partial charge in [0.2, 0.25) is 0 Å². The molecule has 1 amide bonds. The van der Waals surface area contributed by atoms with Crippen LogP contribution in [-0.4, -0.2) is 60.5 Å². The maximum absolute atomic E-state index is 13.5. The van der Waals surface area contributed by atoms with Crippen molar-refractivity contribution in [2.75, 3.05) is 40.0 Å². The Morgan fingerprint density at radius 3 is 2.35 bits per heavy atom.